The van der Waals surface area contributed by atoms with Crippen LogP contribution in [0.2, 0.25) is 0 Å². The van der Waals surface area contributed by atoms with Crippen LogP contribution in [0, 0.1) is 11.8 Å². The number of nitrogens with one attached hydrogen (secondary N) is 8. The molecule has 0 aromatic heterocycles. The van der Waals surface area contributed by atoms with E-state index in [2.05, 4.69) is 55.2 Å². The number of carbonyl (C=O) groups excluding carboxylic acids is 12. The number of primary amides is 2. The van der Waals surface area contributed by atoms with Gasteiger partial charge in [-0.15, -0.1) is 12.6 Å². The summed E-state index contributed by atoms with van der Waals surface area (Å²) in [7, 11) is 0. The molecule has 0 saturated carbocycles. The van der Waals surface area contributed by atoms with E-state index in [0.717, 1.165) is 5.56 Å². The second-order valence-electron chi connectivity index (χ2n) is 24.0. The van der Waals surface area contributed by atoms with Gasteiger partial charge in [-0.2, -0.15) is 0 Å². The van der Waals surface area contributed by atoms with Crippen molar-refractivity contribution in [3.05, 3.63) is 138 Å². The van der Waals surface area contributed by atoms with Crippen molar-refractivity contribution in [1.82, 2.24) is 47.4 Å². The van der Waals surface area contributed by atoms with Crippen LogP contribution in [0.25, 0.3) is 0 Å². The average molecular weight is 1300 g/mol. The smallest absolute Gasteiger partial charge is 0.243 e. The molecule has 0 bridgehead atoms. The van der Waals surface area contributed by atoms with Crippen molar-refractivity contribution in [2.75, 3.05) is 13.1 Å². The molecule has 1 heterocycles. The highest BCUT2D eigenvalue weighted by Crippen LogP contribution is 2.21. The Morgan fingerprint density at radius 1 is 0.516 bits per heavy atom. The highest BCUT2D eigenvalue weighted by Gasteiger charge is 2.40. The summed E-state index contributed by atoms with van der Waals surface area (Å²) in [6, 6.07) is 18.3. The minimum absolute atomic E-state index is 0.00280. The third-order valence-corrected chi connectivity index (χ3v) is 15.9. The molecule has 93 heavy (non-hydrogen) atoms. The van der Waals surface area contributed by atoms with Gasteiger partial charge in [-0.3, -0.25) is 57.5 Å². The molecular weight excluding hydrogens is 1210 g/mol. The number of likely N-dealkylation sites (tertiary alicyclic amines) is 1. The standard InChI is InChI=1S/C66H89N13O13S/c1-38(2)32-52(66(92)93)77-57(83)46(22-14-30-67)72-64(90)56(39(3)4)78-62(88)50(35-42-20-12-7-13-21-42)73-58(84)47(28-29-54(69)81)71-61(87)51(37-55(70)82)75-59(85)48(36-43-24-26-44(80)27-25-43)74-60(86)49(34-41-18-10-6-11-19-41)76-63(89)53-23-15-31-79(53)65(91)45(68)33-40-16-8-5-9-17-40/h5-13,16-21,24-27,38-39,45-53,56,80H,14-15,22-23,28-37,67-68H2,1-4H3,(H2,69,81)(H2,70,82)(H,71,87)(H,72,90)(H,73,84)(H,74,86)(H,75,85)(H,76,89)(H,77,83)(H,78,88)(H,92,93)/t45-,46+,47+,48+,49+,50+,51+,52+,53+,56+/m1/s1. The van der Waals surface area contributed by atoms with E-state index in [1.807, 2.05) is 44.2 Å². The Morgan fingerprint density at radius 2 is 0.935 bits per heavy atom. The molecule has 502 valence electrons. The maximum atomic E-state index is 14.7. The topological polar surface area (TPSA) is 429 Å². The third-order valence-electron chi connectivity index (χ3n) is 15.5. The normalized spacial score (nSPS) is 15.7. The second kappa shape index (κ2) is 37.3. The number of benzene rings is 4. The molecule has 0 unspecified atom stereocenters. The fourth-order valence-electron chi connectivity index (χ4n) is 10.6. The largest absolute Gasteiger partial charge is 0.508 e. The maximum absolute atomic E-state index is 14.7. The summed E-state index contributed by atoms with van der Waals surface area (Å²) < 4.78 is 0. The van der Waals surface area contributed by atoms with Gasteiger partial charge >= 0.3 is 0 Å². The van der Waals surface area contributed by atoms with Crippen LogP contribution in [0.3, 0.4) is 0 Å². The van der Waals surface area contributed by atoms with E-state index < -0.39 is 156 Å². The Bertz CT molecular complexity index is 3200. The van der Waals surface area contributed by atoms with Crippen LogP contribution < -0.4 is 65.5 Å². The van der Waals surface area contributed by atoms with Gasteiger partial charge in [-0.25, -0.2) is 0 Å². The van der Waals surface area contributed by atoms with Gasteiger partial charge in [0.25, 0.3) is 0 Å². The maximum Gasteiger partial charge on any atom is 0.243 e. The van der Waals surface area contributed by atoms with E-state index in [1.54, 1.807) is 74.5 Å². The van der Waals surface area contributed by atoms with Gasteiger partial charge in [0.15, 0.2) is 0 Å². The molecule has 1 saturated heterocycles. The predicted octanol–water partition coefficient (Wildman–Crippen LogP) is -0.102. The third kappa shape index (κ3) is 24.7. The molecule has 11 amide bonds. The molecule has 0 spiro atoms. The first-order valence-electron chi connectivity index (χ1n) is 31.1. The SMILES string of the molecule is CC(C)C[C@H](NC(=O)[C@H](CCCN)NC(=O)[C@@H](NC(=O)[C@H](Cc1ccccc1)NC(=O)[C@H](CCC(N)=O)NC(=O)[C@H](CC(N)=O)NC(=O)[C@H](Cc1ccc(O)cc1)NC(=O)[C@H](Cc1ccccc1)NC(=O)[C@@H]1CCCN1C(=O)[C@H](N)Cc1ccccc1)C(C)C)C(=O)S. The number of hydrogen-bond acceptors (Lipinski definition) is 15. The quantitative estimate of drug-likeness (QED) is 0.0262. The van der Waals surface area contributed by atoms with Crippen molar-refractivity contribution in [3.63, 3.8) is 0 Å². The minimum atomic E-state index is -1.87. The number of hydrogen-bond donors (Lipinski definition) is 14. The van der Waals surface area contributed by atoms with E-state index in [-0.39, 0.29) is 69.7 Å². The number of carbonyl (C=O) groups is 12. The molecule has 10 atom stereocenters. The Labute approximate surface area is 546 Å². The Balaban J connectivity index is 1.40. The fraction of sp³-hybridized carbons (Fsp3) is 0.455. The number of aromatic hydroxyl groups is 1. The number of phenols is 1. The summed E-state index contributed by atoms with van der Waals surface area (Å²) in [6.07, 6.45) is -0.850. The fourth-order valence-corrected chi connectivity index (χ4v) is 10.8. The van der Waals surface area contributed by atoms with Crippen LogP contribution >= 0.6 is 12.6 Å². The summed E-state index contributed by atoms with van der Waals surface area (Å²) in [4.78, 5) is 168. The molecule has 27 heteroatoms. The number of rotatable bonds is 37. The number of phenolic OH excluding ortho intramolecular Hbond substituents is 1. The monoisotopic (exact) mass is 1300 g/mol. The van der Waals surface area contributed by atoms with Gasteiger partial charge in [-0.05, 0) is 97.7 Å². The Morgan fingerprint density at radius 3 is 1.41 bits per heavy atom. The molecule has 4 aromatic carbocycles. The lowest BCUT2D eigenvalue weighted by Crippen LogP contribution is -2.61. The molecular formula is C66H89N13O13S. The van der Waals surface area contributed by atoms with Gasteiger partial charge in [0.1, 0.15) is 54.1 Å². The van der Waals surface area contributed by atoms with E-state index >= 15 is 0 Å². The van der Waals surface area contributed by atoms with Gasteiger partial charge in [0.2, 0.25) is 70.1 Å². The van der Waals surface area contributed by atoms with Crippen LogP contribution in [0.4, 0.5) is 0 Å². The average Bonchev–Trinajstić information content (AvgIpc) is 2.02. The van der Waals surface area contributed by atoms with Crippen molar-refractivity contribution in [3.8, 4) is 5.75 Å². The summed E-state index contributed by atoms with van der Waals surface area (Å²) in [5.74, 6) is -10.4. The number of thiol groups is 1. The van der Waals surface area contributed by atoms with Crippen molar-refractivity contribution in [2.24, 2.45) is 34.8 Å². The molecule has 0 radical (unpaired) electrons. The van der Waals surface area contributed by atoms with Crippen molar-refractivity contribution in [2.45, 2.75) is 165 Å². The lowest BCUT2D eigenvalue weighted by atomic mass is 9.99. The first-order valence-corrected chi connectivity index (χ1v) is 31.6. The van der Waals surface area contributed by atoms with Crippen LogP contribution in [-0.4, -0.2) is 154 Å². The van der Waals surface area contributed by atoms with Crippen molar-refractivity contribution >= 4 is 82.7 Å². The molecule has 0 aliphatic carbocycles. The van der Waals surface area contributed by atoms with Crippen molar-refractivity contribution < 1.29 is 62.6 Å². The molecule has 5 rings (SSSR count). The molecule has 1 aliphatic rings. The molecule has 4 aromatic rings. The summed E-state index contributed by atoms with van der Waals surface area (Å²) >= 11 is 3.94. The summed E-state index contributed by atoms with van der Waals surface area (Å²) in [5, 5.41) is 30.6. The van der Waals surface area contributed by atoms with Crippen LogP contribution in [0.5, 0.6) is 5.75 Å². The highest BCUT2D eigenvalue weighted by molar-refractivity contribution is 7.96. The number of nitrogens with two attached hydrogens (primary N) is 4. The zero-order chi connectivity index (χ0) is 68.3. The van der Waals surface area contributed by atoms with Gasteiger partial charge < -0.3 is 75.5 Å². The first kappa shape index (κ1) is 74.5. The second-order valence-corrected chi connectivity index (χ2v) is 24.4. The van der Waals surface area contributed by atoms with E-state index in [4.69, 9.17) is 22.9 Å². The van der Waals surface area contributed by atoms with Crippen LogP contribution in [0.1, 0.15) is 101 Å². The highest BCUT2D eigenvalue weighted by atomic mass is 32.1. The zero-order valence-electron chi connectivity index (χ0n) is 52.8. The van der Waals surface area contributed by atoms with Gasteiger partial charge in [0, 0.05) is 32.2 Å². The summed E-state index contributed by atoms with van der Waals surface area (Å²) in [5.41, 5.74) is 25.7. The lowest BCUT2D eigenvalue weighted by Gasteiger charge is -2.29. The Hall–Kier alpha value is -9.21. The van der Waals surface area contributed by atoms with Gasteiger partial charge in [-0.1, -0.05) is 131 Å². The molecule has 1 fully saturated rings. The molecule has 17 N–H and O–H groups in total. The van der Waals surface area contributed by atoms with E-state index in [0.29, 0.717) is 29.5 Å². The number of amides is 11. The van der Waals surface area contributed by atoms with Gasteiger partial charge in [0.05, 0.1) is 18.5 Å². The minimum Gasteiger partial charge on any atom is -0.508 e. The Kier molecular flexibility index (Phi) is 29.9. The summed E-state index contributed by atoms with van der Waals surface area (Å²) in [6.45, 7) is 7.38. The first-order chi connectivity index (χ1) is 44.2. The van der Waals surface area contributed by atoms with E-state index in [1.165, 1.54) is 29.2 Å². The lowest BCUT2D eigenvalue weighted by molar-refractivity contribution is -0.140. The van der Waals surface area contributed by atoms with E-state index in [9.17, 15) is 62.6 Å². The number of nitrogens with zero attached hydrogens (tertiary/aromatic N) is 1. The zero-order valence-corrected chi connectivity index (χ0v) is 53.7. The molecule has 1 aliphatic heterocycles. The molecule has 26 nitrogen and oxygen atoms in total. The van der Waals surface area contributed by atoms with Crippen LogP contribution in [-0.2, 0) is 83.2 Å². The predicted molar refractivity (Wildman–Crippen MR) is 349 cm³/mol. The van der Waals surface area contributed by atoms with Crippen molar-refractivity contribution in [1.29, 1.82) is 0 Å². The van der Waals surface area contributed by atoms with Crippen LogP contribution in [0.15, 0.2) is 115 Å².